The van der Waals surface area contributed by atoms with Gasteiger partial charge in [-0.1, -0.05) is 32.0 Å². The Bertz CT molecular complexity index is 454. The number of nitrogens with zero attached hydrogens (tertiary/aromatic N) is 1. The summed E-state index contributed by atoms with van der Waals surface area (Å²) in [7, 11) is 2.10. The molecule has 1 aliphatic heterocycles. The van der Waals surface area contributed by atoms with Crippen molar-refractivity contribution < 1.29 is 9.90 Å². The van der Waals surface area contributed by atoms with E-state index in [0.29, 0.717) is 11.8 Å². The molecule has 1 heterocycles. The number of anilines is 1. The van der Waals surface area contributed by atoms with E-state index in [1.54, 1.807) is 0 Å². The first-order chi connectivity index (χ1) is 8.50. The topological polar surface area (TPSA) is 40.5 Å². The number of aliphatic carboxylic acids is 1. The summed E-state index contributed by atoms with van der Waals surface area (Å²) < 4.78 is 0. The van der Waals surface area contributed by atoms with E-state index in [4.69, 9.17) is 5.11 Å². The molecule has 1 unspecified atom stereocenters. The Morgan fingerprint density at radius 2 is 2.22 bits per heavy atom. The van der Waals surface area contributed by atoms with Crippen LogP contribution in [-0.4, -0.2) is 24.7 Å². The molecule has 3 nitrogen and oxygen atoms in total. The van der Waals surface area contributed by atoms with Crippen LogP contribution in [0.25, 0.3) is 0 Å². The lowest BCUT2D eigenvalue weighted by Gasteiger charge is -2.18. The number of carboxylic acids is 1. The first-order valence-electron chi connectivity index (χ1n) is 6.56. The van der Waals surface area contributed by atoms with Gasteiger partial charge in [0, 0.05) is 31.6 Å². The average molecular weight is 247 g/mol. The van der Waals surface area contributed by atoms with Crippen molar-refractivity contribution in [1.29, 1.82) is 0 Å². The smallest absolute Gasteiger partial charge is 0.303 e. The number of hydrogen-bond donors (Lipinski definition) is 1. The van der Waals surface area contributed by atoms with E-state index in [-0.39, 0.29) is 6.42 Å². The Morgan fingerprint density at radius 3 is 2.83 bits per heavy atom. The summed E-state index contributed by atoms with van der Waals surface area (Å²) in [5.74, 6) is 0.159. The Hall–Kier alpha value is -1.51. The van der Waals surface area contributed by atoms with Crippen LogP contribution in [-0.2, 0) is 4.79 Å². The van der Waals surface area contributed by atoms with E-state index in [9.17, 15) is 4.79 Å². The van der Waals surface area contributed by atoms with Crippen molar-refractivity contribution in [2.75, 3.05) is 18.5 Å². The average Bonchev–Trinajstić information content (AvgIpc) is 2.64. The van der Waals surface area contributed by atoms with Crippen molar-refractivity contribution in [1.82, 2.24) is 0 Å². The van der Waals surface area contributed by atoms with Gasteiger partial charge in [-0.25, -0.2) is 0 Å². The van der Waals surface area contributed by atoms with Crippen molar-refractivity contribution >= 4 is 11.7 Å². The second kappa shape index (κ2) is 5.01. The fourth-order valence-electron chi connectivity index (χ4n) is 2.88. The van der Waals surface area contributed by atoms with Crippen LogP contribution in [0.3, 0.4) is 0 Å². The fraction of sp³-hybridized carbons (Fsp3) is 0.533. The van der Waals surface area contributed by atoms with Gasteiger partial charge >= 0.3 is 5.97 Å². The fourth-order valence-corrected chi connectivity index (χ4v) is 2.88. The zero-order valence-corrected chi connectivity index (χ0v) is 11.3. The first kappa shape index (κ1) is 12.9. The molecule has 2 rings (SSSR count). The van der Waals surface area contributed by atoms with Gasteiger partial charge in [-0.05, 0) is 23.5 Å². The molecule has 1 atom stereocenters. The monoisotopic (exact) mass is 247 g/mol. The van der Waals surface area contributed by atoms with E-state index in [1.165, 1.54) is 16.8 Å². The molecule has 0 bridgehead atoms. The van der Waals surface area contributed by atoms with Crippen molar-refractivity contribution in [2.24, 2.45) is 0 Å². The Balaban J connectivity index is 2.29. The maximum Gasteiger partial charge on any atom is 0.303 e. The lowest BCUT2D eigenvalue weighted by atomic mass is 9.92. The highest BCUT2D eigenvalue weighted by Gasteiger charge is 2.29. The normalized spacial score (nSPS) is 18.2. The van der Waals surface area contributed by atoms with Gasteiger partial charge in [-0.3, -0.25) is 4.79 Å². The Morgan fingerprint density at radius 1 is 1.50 bits per heavy atom. The molecule has 0 spiro atoms. The minimum absolute atomic E-state index is 0.254. The van der Waals surface area contributed by atoms with Crippen LogP contribution in [0, 0.1) is 0 Å². The van der Waals surface area contributed by atoms with Crippen molar-refractivity contribution in [2.45, 2.75) is 38.5 Å². The number of hydrogen-bond acceptors (Lipinski definition) is 2. The van der Waals surface area contributed by atoms with Gasteiger partial charge in [0.15, 0.2) is 0 Å². The summed E-state index contributed by atoms with van der Waals surface area (Å²) in [6.45, 7) is 5.34. The van der Waals surface area contributed by atoms with E-state index in [1.807, 2.05) is 0 Å². The predicted octanol–water partition coefficient (Wildman–Crippen LogP) is 3.21. The lowest BCUT2D eigenvalue weighted by molar-refractivity contribution is -0.137. The number of benzene rings is 1. The van der Waals surface area contributed by atoms with Gasteiger partial charge in [-0.2, -0.15) is 0 Å². The number of likely N-dealkylation sites (N-methyl/N-ethyl adjacent to an activating group) is 1. The number of carboxylic acid groups (broad SMARTS) is 1. The second-order valence-electron chi connectivity index (χ2n) is 5.45. The second-order valence-corrected chi connectivity index (χ2v) is 5.45. The van der Waals surface area contributed by atoms with Crippen LogP contribution in [0.2, 0.25) is 0 Å². The predicted molar refractivity (Wildman–Crippen MR) is 73.4 cm³/mol. The summed E-state index contributed by atoms with van der Waals surface area (Å²) in [4.78, 5) is 13.0. The Kier molecular flexibility index (Phi) is 3.60. The van der Waals surface area contributed by atoms with E-state index in [2.05, 4.69) is 44.0 Å². The number of rotatable bonds is 4. The van der Waals surface area contributed by atoms with Crippen LogP contribution in [0.4, 0.5) is 5.69 Å². The zero-order valence-electron chi connectivity index (χ0n) is 11.3. The quantitative estimate of drug-likeness (QED) is 0.888. The SMILES string of the molecule is CC(C)c1cccc2c1N(C)CC2CCC(=O)O. The minimum atomic E-state index is -0.703. The molecule has 1 aromatic carbocycles. The summed E-state index contributed by atoms with van der Waals surface area (Å²) in [5, 5.41) is 8.82. The zero-order chi connectivity index (χ0) is 13.3. The van der Waals surface area contributed by atoms with Crippen LogP contribution < -0.4 is 4.90 Å². The highest BCUT2D eigenvalue weighted by Crippen LogP contribution is 2.42. The summed E-state index contributed by atoms with van der Waals surface area (Å²) in [6, 6.07) is 6.43. The molecule has 0 aliphatic carbocycles. The van der Waals surface area contributed by atoms with Crippen molar-refractivity contribution in [3.63, 3.8) is 0 Å². The molecule has 1 aromatic rings. The molecular formula is C15H21NO2. The molecule has 0 aromatic heterocycles. The van der Waals surface area contributed by atoms with Crippen LogP contribution in [0.5, 0.6) is 0 Å². The van der Waals surface area contributed by atoms with Gasteiger partial charge < -0.3 is 10.0 Å². The van der Waals surface area contributed by atoms with Gasteiger partial charge in [0.05, 0.1) is 0 Å². The summed E-state index contributed by atoms with van der Waals surface area (Å²) in [5.41, 5.74) is 4.01. The standard InChI is InChI=1S/C15H21NO2/c1-10(2)12-5-4-6-13-11(7-8-14(17)18)9-16(3)15(12)13/h4-6,10-11H,7-9H2,1-3H3,(H,17,18). The third-order valence-corrected chi connectivity index (χ3v) is 3.74. The van der Waals surface area contributed by atoms with Gasteiger partial charge in [0.25, 0.3) is 0 Å². The third-order valence-electron chi connectivity index (χ3n) is 3.74. The molecule has 0 saturated carbocycles. The highest BCUT2D eigenvalue weighted by molar-refractivity contribution is 5.68. The number of para-hydroxylation sites is 1. The number of fused-ring (bicyclic) bond motifs is 1. The highest BCUT2D eigenvalue weighted by atomic mass is 16.4. The van der Waals surface area contributed by atoms with Crippen LogP contribution in [0.1, 0.15) is 49.7 Å². The summed E-state index contributed by atoms with van der Waals surface area (Å²) >= 11 is 0. The summed E-state index contributed by atoms with van der Waals surface area (Å²) in [6.07, 6.45) is 0.984. The first-order valence-corrected chi connectivity index (χ1v) is 6.56. The van der Waals surface area contributed by atoms with E-state index < -0.39 is 5.97 Å². The van der Waals surface area contributed by atoms with Gasteiger partial charge in [-0.15, -0.1) is 0 Å². The molecule has 1 aliphatic rings. The van der Waals surface area contributed by atoms with Crippen molar-refractivity contribution in [3.05, 3.63) is 29.3 Å². The van der Waals surface area contributed by atoms with Crippen LogP contribution in [0.15, 0.2) is 18.2 Å². The molecular weight excluding hydrogens is 226 g/mol. The maximum absolute atomic E-state index is 10.7. The van der Waals surface area contributed by atoms with Gasteiger partial charge in [0.2, 0.25) is 0 Å². The largest absolute Gasteiger partial charge is 0.481 e. The van der Waals surface area contributed by atoms with E-state index >= 15 is 0 Å². The molecule has 0 saturated heterocycles. The molecule has 0 amide bonds. The molecule has 98 valence electrons. The van der Waals surface area contributed by atoms with Gasteiger partial charge in [0.1, 0.15) is 0 Å². The maximum atomic E-state index is 10.7. The molecule has 0 fully saturated rings. The van der Waals surface area contributed by atoms with Crippen LogP contribution >= 0.6 is 0 Å². The molecule has 18 heavy (non-hydrogen) atoms. The van der Waals surface area contributed by atoms with E-state index in [0.717, 1.165) is 13.0 Å². The molecule has 3 heteroatoms. The third kappa shape index (κ3) is 2.35. The number of carbonyl (C=O) groups is 1. The lowest BCUT2D eigenvalue weighted by Crippen LogP contribution is -2.17. The molecule has 1 N–H and O–H groups in total. The minimum Gasteiger partial charge on any atom is -0.481 e. The van der Waals surface area contributed by atoms with Crippen molar-refractivity contribution in [3.8, 4) is 0 Å². The Labute approximate surface area is 108 Å². The molecule has 0 radical (unpaired) electrons.